The molecule has 0 bridgehead atoms. The molecule has 0 radical (unpaired) electrons. The summed E-state index contributed by atoms with van der Waals surface area (Å²) in [7, 11) is 1.54. The van der Waals surface area contributed by atoms with Crippen molar-refractivity contribution in [2.75, 3.05) is 25.2 Å². The number of carbonyl (C=O) groups is 2. The van der Waals surface area contributed by atoms with E-state index in [9.17, 15) is 14.7 Å². The molecule has 3 aromatic rings. The van der Waals surface area contributed by atoms with Crippen molar-refractivity contribution in [3.63, 3.8) is 0 Å². The summed E-state index contributed by atoms with van der Waals surface area (Å²) in [6.45, 7) is 4.65. The fourth-order valence-corrected chi connectivity index (χ4v) is 4.53. The molecule has 1 amide bonds. The van der Waals surface area contributed by atoms with Gasteiger partial charge in [0, 0.05) is 17.3 Å². The SMILES string of the molecule is COc1cccc(C2/C(=C(\O)c3ccc(OC(C)C)cc3)C(=O)C(=O)N2c2ccc3c(c2)OCCO3)c1. The number of fused-ring (bicyclic) bond motifs is 1. The van der Waals surface area contributed by atoms with E-state index in [1.807, 2.05) is 13.8 Å². The van der Waals surface area contributed by atoms with Crippen LogP contribution in [0.25, 0.3) is 5.76 Å². The molecule has 1 fully saturated rings. The van der Waals surface area contributed by atoms with E-state index < -0.39 is 17.7 Å². The zero-order chi connectivity index (χ0) is 26.1. The number of nitrogens with zero attached hydrogens (tertiary/aromatic N) is 1. The van der Waals surface area contributed by atoms with Gasteiger partial charge in [-0.15, -0.1) is 0 Å². The molecule has 2 aliphatic heterocycles. The Bertz CT molecular complexity index is 1380. The number of methoxy groups -OCH3 is 1. The van der Waals surface area contributed by atoms with Crippen molar-refractivity contribution in [1.29, 1.82) is 0 Å². The Labute approximate surface area is 214 Å². The van der Waals surface area contributed by atoms with E-state index in [0.29, 0.717) is 53.0 Å². The Kier molecular flexibility index (Phi) is 6.48. The third-order valence-electron chi connectivity index (χ3n) is 6.16. The molecule has 3 aromatic carbocycles. The number of amides is 1. The predicted octanol–water partition coefficient (Wildman–Crippen LogP) is 4.88. The van der Waals surface area contributed by atoms with E-state index in [2.05, 4.69) is 0 Å². The first-order chi connectivity index (χ1) is 17.9. The largest absolute Gasteiger partial charge is 0.507 e. The maximum Gasteiger partial charge on any atom is 0.300 e. The van der Waals surface area contributed by atoms with Crippen molar-refractivity contribution in [3.05, 3.63) is 83.4 Å². The average Bonchev–Trinajstić information content (AvgIpc) is 3.18. The number of ketones is 1. The molecule has 0 aliphatic carbocycles. The Morgan fingerprint density at radius 3 is 2.38 bits per heavy atom. The van der Waals surface area contributed by atoms with Crippen LogP contribution < -0.4 is 23.8 Å². The maximum absolute atomic E-state index is 13.4. The fourth-order valence-electron chi connectivity index (χ4n) is 4.53. The average molecular weight is 502 g/mol. The number of hydrogen-bond donors (Lipinski definition) is 1. The summed E-state index contributed by atoms with van der Waals surface area (Å²) in [5.74, 6) is 0.410. The van der Waals surface area contributed by atoms with Gasteiger partial charge in [0.25, 0.3) is 11.7 Å². The molecule has 0 aromatic heterocycles. The second kappa shape index (κ2) is 9.89. The Morgan fingerprint density at radius 2 is 1.68 bits per heavy atom. The molecule has 1 unspecified atom stereocenters. The summed E-state index contributed by atoms with van der Waals surface area (Å²) >= 11 is 0. The van der Waals surface area contributed by atoms with E-state index in [4.69, 9.17) is 18.9 Å². The maximum atomic E-state index is 13.4. The minimum Gasteiger partial charge on any atom is -0.507 e. The number of benzene rings is 3. The predicted molar refractivity (Wildman–Crippen MR) is 137 cm³/mol. The summed E-state index contributed by atoms with van der Waals surface area (Å²) in [5, 5.41) is 11.4. The van der Waals surface area contributed by atoms with Crippen molar-refractivity contribution in [2.24, 2.45) is 0 Å². The number of ether oxygens (including phenoxy) is 4. The van der Waals surface area contributed by atoms with Gasteiger partial charge in [0.2, 0.25) is 0 Å². The molecular formula is C29H27NO7. The molecule has 8 heteroatoms. The number of carbonyl (C=O) groups excluding carboxylic acids is 2. The molecule has 0 spiro atoms. The molecule has 37 heavy (non-hydrogen) atoms. The van der Waals surface area contributed by atoms with Crippen LogP contribution in [0.3, 0.4) is 0 Å². The van der Waals surface area contributed by atoms with Gasteiger partial charge in [-0.3, -0.25) is 14.5 Å². The van der Waals surface area contributed by atoms with Crippen molar-refractivity contribution in [3.8, 4) is 23.0 Å². The first-order valence-corrected chi connectivity index (χ1v) is 12.0. The Balaban J connectivity index is 1.65. The van der Waals surface area contributed by atoms with Crippen molar-refractivity contribution in [2.45, 2.75) is 26.0 Å². The highest BCUT2D eigenvalue weighted by molar-refractivity contribution is 6.51. The quantitative estimate of drug-likeness (QED) is 0.292. The standard InChI is InChI=1S/C29H27NO7/c1-17(2)37-21-10-7-18(8-11-21)27(31)25-26(19-5-4-6-22(15-19)34-3)30(29(33)28(25)32)20-9-12-23-24(16-20)36-14-13-35-23/h4-12,15-17,26,31H,13-14H2,1-3H3/b27-25+. The summed E-state index contributed by atoms with van der Waals surface area (Å²) in [4.78, 5) is 28.2. The van der Waals surface area contributed by atoms with Crippen LogP contribution in [0.4, 0.5) is 5.69 Å². The molecule has 1 atom stereocenters. The molecule has 2 heterocycles. The second-order valence-electron chi connectivity index (χ2n) is 8.96. The van der Waals surface area contributed by atoms with Crippen LogP contribution in [0.2, 0.25) is 0 Å². The first-order valence-electron chi connectivity index (χ1n) is 12.0. The zero-order valence-electron chi connectivity index (χ0n) is 20.8. The molecule has 8 nitrogen and oxygen atoms in total. The fraction of sp³-hybridized carbons (Fsp3) is 0.241. The smallest absolute Gasteiger partial charge is 0.300 e. The second-order valence-corrected chi connectivity index (χ2v) is 8.96. The van der Waals surface area contributed by atoms with Crippen LogP contribution in [-0.2, 0) is 9.59 Å². The lowest BCUT2D eigenvalue weighted by Gasteiger charge is -2.27. The van der Waals surface area contributed by atoms with E-state index in [-0.39, 0.29) is 17.4 Å². The van der Waals surface area contributed by atoms with Gasteiger partial charge in [-0.2, -0.15) is 0 Å². The molecular weight excluding hydrogens is 474 g/mol. The highest BCUT2D eigenvalue weighted by Crippen LogP contribution is 2.45. The molecule has 190 valence electrons. The van der Waals surface area contributed by atoms with Gasteiger partial charge in [-0.1, -0.05) is 12.1 Å². The van der Waals surface area contributed by atoms with E-state index in [0.717, 1.165) is 0 Å². The third-order valence-corrected chi connectivity index (χ3v) is 6.16. The lowest BCUT2D eigenvalue weighted by Crippen LogP contribution is -2.29. The van der Waals surface area contributed by atoms with Crippen molar-refractivity contribution >= 4 is 23.1 Å². The molecule has 0 saturated carbocycles. The lowest BCUT2D eigenvalue weighted by atomic mass is 9.95. The topological polar surface area (TPSA) is 94.5 Å². The van der Waals surface area contributed by atoms with Gasteiger partial charge in [0.1, 0.15) is 30.5 Å². The van der Waals surface area contributed by atoms with Crippen molar-refractivity contribution < 1.29 is 33.6 Å². The zero-order valence-corrected chi connectivity index (χ0v) is 20.8. The number of hydrogen-bond acceptors (Lipinski definition) is 7. The van der Waals surface area contributed by atoms with E-state index in [1.165, 1.54) is 12.0 Å². The highest BCUT2D eigenvalue weighted by Gasteiger charge is 2.47. The van der Waals surface area contributed by atoms with E-state index >= 15 is 0 Å². The number of anilines is 1. The Morgan fingerprint density at radius 1 is 0.946 bits per heavy atom. The summed E-state index contributed by atoms with van der Waals surface area (Å²) in [5.41, 5.74) is 1.42. The molecule has 5 rings (SSSR count). The third kappa shape index (κ3) is 4.58. The highest BCUT2D eigenvalue weighted by atomic mass is 16.6. The first kappa shape index (κ1) is 24.2. The summed E-state index contributed by atoms with van der Waals surface area (Å²) in [6.07, 6.45) is -0.0103. The number of aliphatic hydroxyl groups is 1. The molecule has 1 saturated heterocycles. The van der Waals surface area contributed by atoms with Gasteiger partial charge >= 0.3 is 0 Å². The Hall–Kier alpha value is -4.46. The van der Waals surface area contributed by atoms with Gasteiger partial charge in [0.05, 0.1) is 24.8 Å². The van der Waals surface area contributed by atoms with Gasteiger partial charge in [-0.05, 0) is 67.9 Å². The monoisotopic (exact) mass is 501 g/mol. The minimum atomic E-state index is -0.899. The van der Waals surface area contributed by atoms with Crippen LogP contribution in [0.1, 0.15) is 31.0 Å². The summed E-state index contributed by atoms with van der Waals surface area (Å²) < 4.78 is 22.4. The van der Waals surface area contributed by atoms with Crippen LogP contribution in [0.15, 0.2) is 72.3 Å². The van der Waals surface area contributed by atoms with Crippen molar-refractivity contribution in [1.82, 2.24) is 0 Å². The summed E-state index contributed by atoms with van der Waals surface area (Å²) in [6, 6.07) is 18.0. The number of rotatable bonds is 6. The van der Waals surface area contributed by atoms with Gasteiger partial charge in [0.15, 0.2) is 11.5 Å². The van der Waals surface area contributed by atoms with Gasteiger partial charge in [-0.25, -0.2) is 0 Å². The minimum absolute atomic E-state index is 0.0103. The molecule has 1 N–H and O–H groups in total. The van der Waals surface area contributed by atoms with Gasteiger partial charge < -0.3 is 24.1 Å². The number of aliphatic hydroxyl groups excluding tert-OH is 1. The van der Waals surface area contributed by atoms with Crippen LogP contribution in [-0.4, -0.2) is 43.2 Å². The normalized spacial score (nSPS) is 18.3. The van der Waals surface area contributed by atoms with Crippen LogP contribution in [0, 0.1) is 0 Å². The molecule has 2 aliphatic rings. The lowest BCUT2D eigenvalue weighted by molar-refractivity contribution is -0.132. The van der Waals surface area contributed by atoms with Crippen LogP contribution in [0.5, 0.6) is 23.0 Å². The van der Waals surface area contributed by atoms with E-state index in [1.54, 1.807) is 66.7 Å². The van der Waals surface area contributed by atoms with Crippen LogP contribution >= 0.6 is 0 Å². The number of Topliss-reactive ketones (excluding diaryl/α,β-unsaturated/α-hetero) is 1.